The number of fused-ring (bicyclic) bond motifs is 1. The summed E-state index contributed by atoms with van der Waals surface area (Å²) in [6, 6.07) is 5.86. The molecule has 0 atom stereocenters. The molecule has 0 bridgehead atoms. The van der Waals surface area contributed by atoms with E-state index in [4.69, 9.17) is 9.15 Å². The van der Waals surface area contributed by atoms with Crippen LogP contribution in [0.15, 0.2) is 22.6 Å². The number of esters is 1. The zero-order chi connectivity index (χ0) is 14.1. The van der Waals surface area contributed by atoms with Crippen molar-refractivity contribution in [2.24, 2.45) is 5.92 Å². The van der Waals surface area contributed by atoms with Gasteiger partial charge in [-0.05, 0) is 50.8 Å². The first-order valence-electron chi connectivity index (χ1n) is 7.13. The van der Waals surface area contributed by atoms with Crippen LogP contribution in [0.2, 0.25) is 0 Å². The van der Waals surface area contributed by atoms with Gasteiger partial charge in [-0.2, -0.15) is 0 Å². The first-order chi connectivity index (χ1) is 9.69. The van der Waals surface area contributed by atoms with Crippen LogP contribution >= 0.6 is 0 Å². The minimum absolute atomic E-state index is 0.317. The third kappa shape index (κ3) is 2.50. The largest absolute Gasteiger partial charge is 0.462 e. The molecule has 1 heterocycles. The number of ether oxygens (including phenoxy) is 1. The van der Waals surface area contributed by atoms with E-state index in [0.717, 1.165) is 29.1 Å². The lowest BCUT2D eigenvalue weighted by Gasteiger charge is -2.05. The van der Waals surface area contributed by atoms with Crippen LogP contribution in [0.25, 0.3) is 11.0 Å². The molecule has 1 aliphatic carbocycles. The van der Waals surface area contributed by atoms with Gasteiger partial charge < -0.3 is 14.5 Å². The van der Waals surface area contributed by atoms with Gasteiger partial charge in [0.15, 0.2) is 0 Å². The monoisotopic (exact) mass is 273 g/mol. The molecule has 1 aromatic heterocycles. The van der Waals surface area contributed by atoms with Gasteiger partial charge in [0, 0.05) is 17.6 Å². The van der Waals surface area contributed by atoms with Gasteiger partial charge in [-0.25, -0.2) is 4.79 Å². The fourth-order valence-electron chi connectivity index (χ4n) is 2.37. The Morgan fingerprint density at radius 2 is 2.25 bits per heavy atom. The van der Waals surface area contributed by atoms with E-state index in [1.807, 2.05) is 18.2 Å². The van der Waals surface area contributed by atoms with E-state index in [9.17, 15) is 4.79 Å². The number of furan rings is 1. The molecule has 0 saturated heterocycles. The summed E-state index contributed by atoms with van der Waals surface area (Å²) in [5.41, 5.74) is 2.29. The van der Waals surface area contributed by atoms with Gasteiger partial charge in [-0.1, -0.05) is 0 Å². The van der Waals surface area contributed by atoms with Crippen molar-refractivity contribution in [1.29, 1.82) is 0 Å². The summed E-state index contributed by atoms with van der Waals surface area (Å²) >= 11 is 0. The number of aryl methyl sites for hydroxylation is 1. The number of rotatable bonds is 5. The summed E-state index contributed by atoms with van der Waals surface area (Å²) in [7, 11) is 0. The zero-order valence-electron chi connectivity index (χ0n) is 11.9. The molecule has 1 N–H and O–H groups in total. The predicted molar refractivity (Wildman–Crippen MR) is 78.1 cm³/mol. The van der Waals surface area contributed by atoms with E-state index >= 15 is 0 Å². The Labute approximate surface area is 118 Å². The molecule has 0 aliphatic heterocycles. The van der Waals surface area contributed by atoms with Crippen molar-refractivity contribution in [2.45, 2.75) is 26.7 Å². The number of nitrogens with one attached hydrogen (secondary N) is 1. The molecule has 4 heteroatoms. The molecule has 0 radical (unpaired) electrons. The van der Waals surface area contributed by atoms with Crippen LogP contribution in [0.5, 0.6) is 0 Å². The number of benzene rings is 1. The summed E-state index contributed by atoms with van der Waals surface area (Å²) < 4.78 is 10.7. The van der Waals surface area contributed by atoms with Gasteiger partial charge in [0.2, 0.25) is 0 Å². The highest BCUT2D eigenvalue weighted by Gasteiger charge is 2.22. The number of hydrogen-bond acceptors (Lipinski definition) is 4. The Hall–Kier alpha value is -1.97. The van der Waals surface area contributed by atoms with E-state index in [0.29, 0.717) is 17.9 Å². The summed E-state index contributed by atoms with van der Waals surface area (Å²) in [4.78, 5) is 12.0. The maximum Gasteiger partial charge on any atom is 0.342 e. The molecule has 1 aromatic carbocycles. The third-order valence-corrected chi connectivity index (χ3v) is 3.64. The number of carbonyl (C=O) groups is 1. The maximum absolute atomic E-state index is 12.0. The van der Waals surface area contributed by atoms with Gasteiger partial charge >= 0.3 is 5.97 Å². The van der Waals surface area contributed by atoms with Crippen molar-refractivity contribution in [3.8, 4) is 0 Å². The second-order valence-corrected chi connectivity index (χ2v) is 5.29. The lowest BCUT2D eigenvalue weighted by Crippen LogP contribution is -2.06. The SMILES string of the molecule is CCOC(=O)c1c(C)oc2ccc(NCC3CC3)cc12. The molecule has 20 heavy (non-hydrogen) atoms. The van der Waals surface area contributed by atoms with Gasteiger partial charge in [0.1, 0.15) is 16.9 Å². The van der Waals surface area contributed by atoms with Crippen molar-refractivity contribution < 1.29 is 13.9 Å². The Bertz CT molecular complexity index is 640. The van der Waals surface area contributed by atoms with Gasteiger partial charge in [0.25, 0.3) is 0 Å². The van der Waals surface area contributed by atoms with Crippen molar-refractivity contribution in [2.75, 3.05) is 18.5 Å². The Balaban J connectivity index is 1.93. The van der Waals surface area contributed by atoms with Crippen molar-refractivity contribution in [3.63, 3.8) is 0 Å². The molecule has 1 saturated carbocycles. The highest BCUT2D eigenvalue weighted by Crippen LogP contribution is 2.31. The zero-order valence-corrected chi connectivity index (χ0v) is 11.9. The fourth-order valence-corrected chi connectivity index (χ4v) is 2.37. The molecule has 0 unspecified atom stereocenters. The highest BCUT2D eigenvalue weighted by molar-refractivity contribution is 6.05. The summed E-state index contributed by atoms with van der Waals surface area (Å²) in [5, 5.41) is 4.23. The van der Waals surface area contributed by atoms with Crippen LogP contribution in [0, 0.1) is 12.8 Å². The van der Waals surface area contributed by atoms with E-state index in [2.05, 4.69) is 5.32 Å². The lowest BCUT2D eigenvalue weighted by atomic mass is 10.1. The Morgan fingerprint density at radius 1 is 1.45 bits per heavy atom. The van der Waals surface area contributed by atoms with Gasteiger partial charge in [0.05, 0.1) is 6.61 Å². The maximum atomic E-state index is 12.0. The first kappa shape index (κ1) is 13.0. The summed E-state index contributed by atoms with van der Waals surface area (Å²) in [5.74, 6) is 1.10. The van der Waals surface area contributed by atoms with Crippen LogP contribution in [-0.2, 0) is 4.74 Å². The van der Waals surface area contributed by atoms with Crippen LogP contribution in [0.4, 0.5) is 5.69 Å². The first-order valence-corrected chi connectivity index (χ1v) is 7.13. The third-order valence-electron chi connectivity index (χ3n) is 3.64. The van der Waals surface area contributed by atoms with Crippen molar-refractivity contribution in [1.82, 2.24) is 0 Å². The quantitative estimate of drug-likeness (QED) is 0.843. The van der Waals surface area contributed by atoms with E-state index < -0.39 is 0 Å². The molecular formula is C16H19NO3. The molecule has 106 valence electrons. The molecule has 4 nitrogen and oxygen atoms in total. The average Bonchev–Trinajstić information content (AvgIpc) is 3.18. The molecule has 1 fully saturated rings. The number of hydrogen-bond donors (Lipinski definition) is 1. The Kier molecular flexibility index (Phi) is 3.38. The second-order valence-electron chi connectivity index (χ2n) is 5.29. The lowest BCUT2D eigenvalue weighted by molar-refractivity contribution is 0.0526. The van der Waals surface area contributed by atoms with Gasteiger partial charge in [-0.15, -0.1) is 0 Å². The highest BCUT2D eigenvalue weighted by atomic mass is 16.5. The van der Waals surface area contributed by atoms with Crippen LogP contribution < -0.4 is 5.32 Å². The van der Waals surface area contributed by atoms with Crippen molar-refractivity contribution >= 4 is 22.6 Å². The van der Waals surface area contributed by atoms with Crippen molar-refractivity contribution in [3.05, 3.63) is 29.5 Å². The molecule has 2 aromatic rings. The predicted octanol–water partition coefficient (Wildman–Crippen LogP) is 3.74. The summed E-state index contributed by atoms with van der Waals surface area (Å²) in [6.07, 6.45) is 2.63. The van der Waals surface area contributed by atoms with Gasteiger partial charge in [-0.3, -0.25) is 0 Å². The van der Waals surface area contributed by atoms with Crippen LogP contribution in [0.3, 0.4) is 0 Å². The topological polar surface area (TPSA) is 51.5 Å². The standard InChI is InChI=1S/C16H19NO3/c1-3-19-16(18)15-10(2)20-14-7-6-12(8-13(14)15)17-9-11-4-5-11/h6-8,11,17H,3-5,9H2,1-2H3. The molecule has 3 rings (SSSR count). The average molecular weight is 273 g/mol. The van der Waals surface area contributed by atoms with E-state index in [1.54, 1.807) is 13.8 Å². The molecule has 0 spiro atoms. The second kappa shape index (κ2) is 5.19. The minimum atomic E-state index is -0.317. The minimum Gasteiger partial charge on any atom is -0.462 e. The normalized spacial score (nSPS) is 14.5. The fraction of sp³-hybridized carbons (Fsp3) is 0.438. The Morgan fingerprint density at radius 3 is 2.95 bits per heavy atom. The van der Waals surface area contributed by atoms with Crippen LogP contribution in [0.1, 0.15) is 35.9 Å². The molecule has 0 amide bonds. The summed E-state index contributed by atoms with van der Waals surface area (Å²) in [6.45, 7) is 4.96. The van der Waals surface area contributed by atoms with E-state index in [-0.39, 0.29) is 5.97 Å². The molecular weight excluding hydrogens is 254 g/mol. The van der Waals surface area contributed by atoms with Crippen LogP contribution in [-0.4, -0.2) is 19.1 Å². The number of anilines is 1. The smallest absolute Gasteiger partial charge is 0.342 e. The number of carbonyl (C=O) groups excluding carboxylic acids is 1. The van der Waals surface area contributed by atoms with E-state index in [1.165, 1.54) is 12.8 Å². The molecule has 1 aliphatic rings.